The first-order valence-electron chi connectivity index (χ1n) is 5.27. The molecule has 2 aromatic rings. The maximum atomic E-state index is 4.48. The molecule has 2 heterocycles. The van der Waals surface area contributed by atoms with Crippen molar-refractivity contribution in [2.45, 2.75) is 13.3 Å². The average Bonchev–Trinajstić information content (AvgIpc) is 2.68. The van der Waals surface area contributed by atoms with Crippen LogP contribution in [0.1, 0.15) is 12.7 Å². The van der Waals surface area contributed by atoms with E-state index in [0.717, 1.165) is 29.5 Å². The van der Waals surface area contributed by atoms with E-state index in [1.165, 1.54) is 0 Å². The van der Waals surface area contributed by atoms with E-state index in [9.17, 15) is 0 Å². The summed E-state index contributed by atoms with van der Waals surface area (Å²) >= 11 is 3.37. The fourth-order valence-corrected chi connectivity index (χ4v) is 2.04. The standard InChI is InChI=1S/C10H13BrN6/c1-4-7-13-6(5-8(12-2)14-7)9-10(11)15-16-17(9)3/h5H,4H2,1-3H3,(H,12,13,14). The van der Waals surface area contributed by atoms with Crippen LogP contribution in [0.4, 0.5) is 5.82 Å². The molecule has 0 saturated heterocycles. The summed E-state index contributed by atoms with van der Waals surface area (Å²) in [4.78, 5) is 8.83. The Morgan fingerprint density at radius 1 is 1.41 bits per heavy atom. The Morgan fingerprint density at radius 2 is 2.18 bits per heavy atom. The molecule has 1 N–H and O–H groups in total. The largest absolute Gasteiger partial charge is 0.373 e. The molecule has 0 saturated carbocycles. The number of hydrogen-bond acceptors (Lipinski definition) is 5. The lowest BCUT2D eigenvalue weighted by molar-refractivity contribution is 0.718. The third-order valence-electron chi connectivity index (χ3n) is 2.37. The van der Waals surface area contributed by atoms with Crippen molar-refractivity contribution in [3.63, 3.8) is 0 Å². The van der Waals surface area contributed by atoms with Gasteiger partial charge in [0.05, 0.1) is 5.69 Å². The highest BCUT2D eigenvalue weighted by molar-refractivity contribution is 9.10. The van der Waals surface area contributed by atoms with Crippen LogP contribution >= 0.6 is 15.9 Å². The quantitative estimate of drug-likeness (QED) is 0.932. The number of halogens is 1. The molecule has 0 bridgehead atoms. The van der Waals surface area contributed by atoms with Crippen LogP contribution in [0, 0.1) is 0 Å². The summed E-state index contributed by atoms with van der Waals surface area (Å²) in [5, 5.41) is 10.9. The summed E-state index contributed by atoms with van der Waals surface area (Å²) in [5.74, 6) is 1.58. The molecule has 6 nitrogen and oxygen atoms in total. The van der Waals surface area contributed by atoms with Crippen molar-refractivity contribution < 1.29 is 0 Å². The molecule has 90 valence electrons. The van der Waals surface area contributed by atoms with Crippen LogP contribution < -0.4 is 5.32 Å². The molecule has 0 radical (unpaired) electrons. The zero-order valence-electron chi connectivity index (χ0n) is 9.90. The van der Waals surface area contributed by atoms with Crippen molar-refractivity contribution in [2.75, 3.05) is 12.4 Å². The Morgan fingerprint density at radius 3 is 2.71 bits per heavy atom. The lowest BCUT2D eigenvalue weighted by Crippen LogP contribution is -2.03. The van der Waals surface area contributed by atoms with E-state index in [2.05, 4.69) is 41.5 Å². The molecule has 17 heavy (non-hydrogen) atoms. The van der Waals surface area contributed by atoms with Gasteiger partial charge in [0.15, 0.2) is 4.60 Å². The average molecular weight is 297 g/mol. The summed E-state index contributed by atoms with van der Waals surface area (Å²) in [6, 6.07) is 1.88. The van der Waals surface area contributed by atoms with Gasteiger partial charge in [0.25, 0.3) is 0 Å². The monoisotopic (exact) mass is 296 g/mol. The van der Waals surface area contributed by atoms with Gasteiger partial charge in [-0.05, 0) is 15.9 Å². The molecule has 0 atom stereocenters. The van der Waals surface area contributed by atoms with Crippen molar-refractivity contribution >= 4 is 21.7 Å². The van der Waals surface area contributed by atoms with Gasteiger partial charge >= 0.3 is 0 Å². The van der Waals surface area contributed by atoms with Gasteiger partial charge < -0.3 is 5.32 Å². The van der Waals surface area contributed by atoms with Gasteiger partial charge in [-0.25, -0.2) is 14.6 Å². The van der Waals surface area contributed by atoms with Crippen LogP contribution in [-0.2, 0) is 13.5 Å². The third-order valence-corrected chi connectivity index (χ3v) is 2.91. The van der Waals surface area contributed by atoms with Crippen LogP contribution in [-0.4, -0.2) is 32.0 Å². The highest BCUT2D eigenvalue weighted by Crippen LogP contribution is 2.25. The molecule has 0 aliphatic heterocycles. The number of hydrogen-bond donors (Lipinski definition) is 1. The molecule has 0 aliphatic rings. The SMILES string of the molecule is CCc1nc(NC)cc(-c2c(Br)nnn2C)n1. The number of nitrogens with zero attached hydrogens (tertiary/aromatic N) is 5. The maximum absolute atomic E-state index is 4.48. The van der Waals surface area contributed by atoms with Crippen molar-refractivity contribution in [2.24, 2.45) is 7.05 Å². The van der Waals surface area contributed by atoms with Crippen LogP contribution in [0.15, 0.2) is 10.7 Å². The highest BCUT2D eigenvalue weighted by atomic mass is 79.9. The van der Waals surface area contributed by atoms with Crippen LogP contribution in [0.3, 0.4) is 0 Å². The first-order valence-corrected chi connectivity index (χ1v) is 6.06. The first kappa shape index (κ1) is 12.0. The fraction of sp³-hybridized carbons (Fsp3) is 0.400. The number of rotatable bonds is 3. The topological polar surface area (TPSA) is 68.5 Å². The third kappa shape index (κ3) is 2.28. The van der Waals surface area contributed by atoms with Crippen molar-refractivity contribution in [1.29, 1.82) is 0 Å². The van der Waals surface area contributed by atoms with Crippen molar-refractivity contribution in [1.82, 2.24) is 25.0 Å². The summed E-state index contributed by atoms with van der Waals surface area (Å²) in [5.41, 5.74) is 1.65. The van der Waals surface area contributed by atoms with E-state index in [1.807, 2.05) is 27.1 Å². The predicted octanol–water partition coefficient (Wildman–Crippen LogP) is 1.64. The molecule has 0 spiro atoms. The minimum Gasteiger partial charge on any atom is -0.373 e. The minimum atomic E-state index is 0.683. The predicted molar refractivity (Wildman–Crippen MR) is 68.7 cm³/mol. The van der Waals surface area contributed by atoms with Crippen LogP contribution in [0.25, 0.3) is 11.4 Å². The van der Waals surface area contributed by atoms with Crippen LogP contribution in [0.2, 0.25) is 0 Å². The summed E-state index contributed by atoms with van der Waals surface area (Å²) < 4.78 is 2.37. The number of nitrogens with one attached hydrogen (secondary N) is 1. The molecule has 2 rings (SSSR count). The summed E-state index contributed by atoms with van der Waals surface area (Å²) in [6.45, 7) is 2.02. The van der Waals surface area contributed by atoms with E-state index in [-0.39, 0.29) is 0 Å². The molecule has 0 fully saturated rings. The number of aromatic nitrogens is 5. The molecule has 2 aromatic heterocycles. The smallest absolute Gasteiger partial charge is 0.157 e. The summed E-state index contributed by atoms with van der Waals surface area (Å²) in [7, 11) is 3.67. The Bertz CT molecular complexity index is 494. The van der Waals surface area contributed by atoms with E-state index >= 15 is 0 Å². The van der Waals surface area contributed by atoms with Gasteiger partial charge in [-0.15, -0.1) is 5.10 Å². The molecule has 7 heteroatoms. The van der Waals surface area contributed by atoms with Crippen molar-refractivity contribution in [3.05, 3.63) is 16.5 Å². The van der Waals surface area contributed by atoms with E-state index in [4.69, 9.17) is 0 Å². The zero-order valence-corrected chi connectivity index (χ0v) is 11.5. The van der Waals surface area contributed by atoms with Crippen molar-refractivity contribution in [3.8, 4) is 11.4 Å². The van der Waals surface area contributed by atoms with Gasteiger partial charge in [-0.1, -0.05) is 12.1 Å². The van der Waals surface area contributed by atoms with E-state index in [1.54, 1.807) is 4.68 Å². The molecular weight excluding hydrogens is 284 g/mol. The van der Waals surface area contributed by atoms with Gasteiger partial charge in [0.1, 0.15) is 17.3 Å². The second kappa shape index (κ2) is 4.79. The normalized spacial score (nSPS) is 10.6. The molecule has 0 aromatic carbocycles. The molecule has 0 aliphatic carbocycles. The van der Waals surface area contributed by atoms with Gasteiger partial charge in [0.2, 0.25) is 0 Å². The number of aryl methyl sites for hydroxylation is 2. The minimum absolute atomic E-state index is 0.683. The Labute approximate surface area is 108 Å². The zero-order chi connectivity index (χ0) is 12.4. The molecular formula is C10H13BrN6. The van der Waals surface area contributed by atoms with Crippen LogP contribution in [0.5, 0.6) is 0 Å². The summed E-state index contributed by atoms with van der Waals surface area (Å²) in [6.07, 6.45) is 0.783. The van der Waals surface area contributed by atoms with Gasteiger partial charge in [-0.3, -0.25) is 0 Å². The Hall–Kier alpha value is -1.50. The molecule has 0 unspecified atom stereocenters. The Balaban J connectivity index is 2.58. The Kier molecular flexibility index (Phi) is 3.37. The lowest BCUT2D eigenvalue weighted by atomic mass is 10.3. The second-order valence-electron chi connectivity index (χ2n) is 3.51. The molecule has 0 amide bonds. The first-order chi connectivity index (χ1) is 8.15. The van der Waals surface area contributed by atoms with Gasteiger partial charge in [-0.2, -0.15) is 0 Å². The highest BCUT2D eigenvalue weighted by Gasteiger charge is 2.14. The maximum Gasteiger partial charge on any atom is 0.157 e. The second-order valence-corrected chi connectivity index (χ2v) is 4.26. The number of anilines is 1. The lowest BCUT2D eigenvalue weighted by Gasteiger charge is -2.06. The van der Waals surface area contributed by atoms with E-state index < -0.39 is 0 Å². The van der Waals surface area contributed by atoms with Gasteiger partial charge in [0, 0.05) is 26.6 Å². The van der Waals surface area contributed by atoms with E-state index in [0.29, 0.717) is 4.60 Å². The fourth-order valence-electron chi connectivity index (χ4n) is 1.51.